The number of tetrazole rings is 1. The van der Waals surface area contributed by atoms with Gasteiger partial charge in [0, 0.05) is 18.2 Å². The van der Waals surface area contributed by atoms with Crippen LogP contribution in [0.2, 0.25) is 5.02 Å². The van der Waals surface area contributed by atoms with Crippen LogP contribution in [-0.2, 0) is 12.6 Å². The number of imidazole rings is 1. The topological polar surface area (TPSA) is 96.0 Å². The van der Waals surface area contributed by atoms with Crippen molar-refractivity contribution in [3.63, 3.8) is 0 Å². The number of H-pyrrole nitrogens is 2. The molecule has 3 aromatic heterocycles. The predicted octanol–water partition coefficient (Wildman–Crippen LogP) is 3.91. The van der Waals surface area contributed by atoms with Crippen LogP contribution in [0.3, 0.4) is 0 Å². The highest BCUT2D eigenvalue weighted by atomic mass is 35.5. The molecule has 1 aromatic carbocycles. The Kier molecular flexibility index (Phi) is 4.55. The van der Waals surface area contributed by atoms with Crippen LogP contribution in [0.4, 0.5) is 13.2 Å². The minimum absolute atomic E-state index is 0.118. The standard InChI is InChI=1S/C17H11ClF3N7/c18-15-9(2-1-3-11(15)17(19,20)21)7-14-23-8-13(24-14)12-6-10(4-5-22-12)16-25-27-28-26-16/h1-6,8H,7H2,(H,23,24)(H,25,26,27,28). The third kappa shape index (κ3) is 3.58. The van der Waals surface area contributed by atoms with E-state index >= 15 is 0 Å². The predicted molar refractivity (Wildman–Crippen MR) is 94.3 cm³/mol. The number of hydrogen-bond acceptors (Lipinski definition) is 5. The summed E-state index contributed by atoms with van der Waals surface area (Å²) in [5.74, 6) is 0.877. The van der Waals surface area contributed by atoms with Gasteiger partial charge < -0.3 is 4.98 Å². The first-order chi connectivity index (χ1) is 13.4. The van der Waals surface area contributed by atoms with Gasteiger partial charge in [0.1, 0.15) is 5.82 Å². The molecule has 28 heavy (non-hydrogen) atoms. The van der Waals surface area contributed by atoms with Crippen molar-refractivity contribution in [3.8, 4) is 22.8 Å². The van der Waals surface area contributed by atoms with Gasteiger partial charge >= 0.3 is 6.18 Å². The summed E-state index contributed by atoms with van der Waals surface area (Å²) in [6.45, 7) is 0. The fraction of sp³-hybridized carbons (Fsp3) is 0.118. The second-order valence-electron chi connectivity index (χ2n) is 5.86. The quantitative estimate of drug-likeness (QED) is 0.536. The van der Waals surface area contributed by atoms with Gasteiger partial charge in [0.15, 0.2) is 0 Å². The number of aromatic amines is 2. The maximum absolute atomic E-state index is 13.0. The molecular weight excluding hydrogens is 395 g/mol. The number of aromatic nitrogens is 7. The third-order valence-electron chi connectivity index (χ3n) is 4.01. The van der Waals surface area contributed by atoms with Crippen LogP contribution in [0.15, 0.2) is 42.7 Å². The molecule has 0 radical (unpaired) electrons. The molecule has 0 aliphatic carbocycles. The summed E-state index contributed by atoms with van der Waals surface area (Å²) in [7, 11) is 0. The average Bonchev–Trinajstić information content (AvgIpc) is 3.35. The lowest BCUT2D eigenvalue weighted by atomic mass is 10.1. The molecule has 2 N–H and O–H groups in total. The zero-order valence-corrected chi connectivity index (χ0v) is 14.8. The first-order valence-electron chi connectivity index (χ1n) is 8.00. The van der Waals surface area contributed by atoms with Crippen LogP contribution in [0, 0.1) is 0 Å². The molecule has 0 bridgehead atoms. The van der Waals surface area contributed by atoms with Gasteiger partial charge in [-0.3, -0.25) is 4.98 Å². The van der Waals surface area contributed by atoms with E-state index in [2.05, 4.69) is 35.6 Å². The van der Waals surface area contributed by atoms with Gasteiger partial charge in [-0.2, -0.15) is 18.4 Å². The van der Waals surface area contributed by atoms with E-state index in [0.29, 0.717) is 34.2 Å². The SMILES string of the molecule is FC(F)(F)c1cccc(Cc2ncc(-c3cc(-c4nn[nH]n4)ccn3)[nH]2)c1Cl. The molecule has 0 aliphatic rings. The van der Waals surface area contributed by atoms with E-state index in [9.17, 15) is 13.2 Å². The van der Waals surface area contributed by atoms with E-state index in [-0.39, 0.29) is 11.4 Å². The minimum atomic E-state index is -4.51. The summed E-state index contributed by atoms with van der Waals surface area (Å²) >= 11 is 5.95. The summed E-state index contributed by atoms with van der Waals surface area (Å²) in [6, 6.07) is 7.29. The Morgan fingerprint density at radius 3 is 2.71 bits per heavy atom. The van der Waals surface area contributed by atoms with Crippen molar-refractivity contribution >= 4 is 11.6 Å². The molecule has 0 amide bonds. The largest absolute Gasteiger partial charge is 0.417 e. The second kappa shape index (κ2) is 7.04. The third-order valence-corrected chi connectivity index (χ3v) is 4.46. The van der Waals surface area contributed by atoms with Gasteiger partial charge in [-0.15, -0.1) is 10.2 Å². The maximum Gasteiger partial charge on any atom is 0.417 e. The Balaban J connectivity index is 1.60. The fourth-order valence-corrected chi connectivity index (χ4v) is 3.00. The molecule has 3 heterocycles. The van der Waals surface area contributed by atoms with Crippen molar-refractivity contribution in [1.82, 2.24) is 35.6 Å². The highest BCUT2D eigenvalue weighted by molar-refractivity contribution is 6.32. The number of nitrogens with one attached hydrogen (secondary N) is 2. The summed E-state index contributed by atoms with van der Waals surface area (Å²) < 4.78 is 39.0. The first kappa shape index (κ1) is 18.1. The number of pyridine rings is 1. The number of alkyl halides is 3. The lowest BCUT2D eigenvalue weighted by Gasteiger charge is -2.11. The normalized spacial score (nSPS) is 11.7. The van der Waals surface area contributed by atoms with E-state index in [0.717, 1.165) is 6.07 Å². The van der Waals surface area contributed by atoms with Gasteiger partial charge in [0.05, 0.1) is 28.2 Å². The summed E-state index contributed by atoms with van der Waals surface area (Å²) in [5.41, 5.74) is 1.34. The van der Waals surface area contributed by atoms with E-state index in [4.69, 9.17) is 11.6 Å². The first-order valence-corrected chi connectivity index (χ1v) is 8.38. The Labute approximate surface area is 161 Å². The van der Waals surface area contributed by atoms with Crippen LogP contribution in [0.1, 0.15) is 17.0 Å². The van der Waals surface area contributed by atoms with Gasteiger partial charge in [0.25, 0.3) is 0 Å². The molecule has 11 heteroatoms. The summed E-state index contributed by atoms with van der Waals surface area (Å²) in [4.78, 5) is 11.6. The zero-order valence-electron chi connectivity index (χ0n) is 14.0. The van der Waals surface area contributed by atoms with Crippen molar-refractivity contribution in [2.75, 3.05) is 0 Å². The average molecular weight is 406 g/mol. The lowest BCUT2D eigenvalue weighted by molar-refractivity contribution is -0.137. The molecule has 0 aliphatic heterocycles. The van der Waals surface area contributed by atoms with Gasteiger partial charge in [-0.05, 0) is 29.0 Å². The van der Waals surface area contributed by atoms with Crippen molar-refractivity contribution in [2.45, 2.75) is 12.6 Å². The molecule has 0 unspecified atom stereocenters. The van der Waals surface area contributed by atoms with Crippen molar-refractivity contribution < 1.29 is 13.2 Å². The Hall–Kier alpha value is -3.27. The summed E-state index contributed by atoms with van der Waals surface area (Å²) in [5, 5.41) is 13.4. The highest BCUT2D eigenvalue weighted by Gasteiger charge is 2.33. The second-order valence-corrected chi connectivity index (χ2v) is 6.24. The number of nitrogens with zero attached hydrogens (tertiary/aromatic N) is 5. The number of hydrogen-bond donors (Lipinski definition) is 2. The molecular formula is C17H11ClF3N7. The Bertz CT molecular complexity index is 1110. The van der Waals surface area contributed by atoms with Crippen LogP contribution in [0.25, 0.3) is 22.8 Å². The van der Waals surface area contributed by atoms with E-state index in [1.807, 2.05) is 0 Å². The summed E-state index contributed by atoms with van der Waals surface area (Å²) in [6.07, 6.45) is -1.25. The number of rotatable bonds is 4. The van der Waals surface area contributed by atoms with Gasteiger partial charge in [-0.25, -0.2) is 4.98 Å². The van der Waals surface area contributed by atoms with Crippen molar-refractivity contribution in [2.24, 2.45) is 0 Å². The molecule has 0 spiro atoms. The molecule has 142 valence electrons. The van der Waals surface area contributed by atoms with Gasteiger partial charge in [-0.1, -0.05) is 23.7 Å². The molecule has 7 nitrogen and oxygen atoms in total. The Morgan fingerprint density at radius 2 is 1.96 bits per heavy atom. The number of halogens is 4. The molecule has 0 saturated carbocycles. The van der Waals surface area contributed by atoms with Gasteiger partial charge in [0.2, 0.25) is 5.82 Å². The fourth-order valence-electron chi connectivity index (χ4n) is 2.70. The smallest absolute Gasteiger partial charge is 0.340 e. The van der Waals surface area contributed by atoms with Crippen molar-refractivity contribution in [1.29, 1.82) is 0 Å². The molecule has 0 atom stereocenters. The van der Waals surface area contributed by atoms with Crippen LogP contribution < -0.4 is 0 Å². The number of benzene rings is 1. The van der Waals surface area contributed by atoms with Crippen LogP contribution >= 0.6 is 11.6 Å². The highest BCUT2D eigenvalue weighted by Crippen LogP contribution is 2.36. The van der Waals surface area contributed by atoms with Crippen LogP contribution in [-0.4, -0.2) is 35.6 Å². The molecule has 4 aromatic rings. The van der Waals surface area contributed by atoms with Crippen LogP contribution in [0.5, 0.6) is 0 Å². The lowest BCUT2D eigenvalue weighted by Crippen LogP contribution is -2.07. The monoisotopic (exact) mass is 405 g/mol. The maximum atomic E-state index is 13.0. The molecule has 0 saturated heterocycles. The zero-order chi connectivity index (χ0) is 19.7. The minimum Gasteiger partial charge on any atom is -0.340 e. The van der Waals surface area contributed by atoms with E-state index < -0.39 is 11.7 Å². The van der Waals surface area contributed by atoms with E-state index in [1.165, 1.54) is 12.1 Å². The molecule has 4 rings (SSSR count). The molecule has 0 fully saturated rings. The van der Waals surface area contributed by atoms with Crippen molar-refractivity contribution in [3.05, 3.63) is 64.7 Å². The Morgan fingerprint density at radius 1 is 1.11 bits per heavy atom. The van der Waals surface area contributed by atoms with E-state index in [1.54, 1.807) is 24.5 Å².